The van der Waals surface area contributed by atoms with Gasteiger partial charge in [0.2, 0.25) is 0 Å². The van der Waals surface area contributed by atoms with Crippen LogP contribution in [0.2, 0.25) is 0 Å². The van der Waals surface area contributed by atoms with E-state index in [9.17, 15) is 4.39 Å². The molecule has 5 heteroatoms. The van der Waals surface area contributed by atoms with Crippen molar-refractivity contribution in [3.05, 3.63) is 29.6 Å². The summed E-state index contributed by atoms with van der Waals surface area (Å²) in [6, 6.07) is 4.62. The Bertz CT molecular complexity index is 523. The zero-order valence-electron chi connectivity index (χ0n) is 8.95. The minimum absolute atomic E-state index is 0.217. The predicted octanol–water partition coefficient (Wildman–Crippen LogP) is 2.38. The Kier molecular flexibility index (Phi) is 2.52. The lowest BCUT2D eigenvalue weighted by Gasteiger charge is -2.06. The molecule has 0 saturated carbocycles. The van der Waals surface area contributed by atoms with Crippen LogP contribution in [-0.2, 0) is 0 Å². The van der Waals surface area contributed by atoms with Crippen LogP contribution in [0.3, 0.4) is 0 Å². The van der Waals surface area contributed by atoms with E-state index in [-0.39, 0.29) is 17.4 Å². The third kappa shape index (κ3) is 1.71. The number of hydrogen-bond donors (Lipinski definition) is 1. The van der Waals surface area contributed by atoms with Crippen LogP contribution in [-0.4, -0.2) is 12.3 Å². The molecule has 16 heavy (non-hydrogen) atoms. The summed E-state index contributed by atoms with van der Waals surface area (Å²) in [4.78, 5) is 0. The van der Waals surface area contributed by atoms with Crippen LogP contribution in [0.4, 0.5) is 10.2 Å². The van der Waals surface area contributed by atoms with Crippen molar-refractivity contribution in [2.24, 2.45) is 0 Å². The third-order valence-electron chi connectivity index (χ3n) is 2.26. The molecule has 0 saturated heterocycles. The quantitative estimate of drug-likeness (QED) is 0.847. The van der Waals surface area contributed by atoms with Crippen LogP contribution < -0.4 is 10.5 Å². The van der Waals surface area contributed by atoms with Crippen molar-refractivity contribution in [2.45, 2.75) is 6.92 Å². The Morgan fingerprint density at radius 1 is 1.38 bits per heavy atom. The number of hydrogen-bond acceptors (Lipinski definition) is 4. The fourth-order valence-electron chi connectivity index (χ4n) is 1.45. The fourth-order valence-corrected chi connectivity index (χ4v) is 1.45. The number of nitrogens with zero attached hydrogens (tertiary/aromatic N) is 1. The fraction of sp³-hybridized carbons (Fsp3) is 0.182. The smallest absolute Gasteiger partial charge is 0.172 e. The van der Waals surface area contributed by atoms with E-state index in [1.165, 1.54) is 13.2 Å². The number of aryl methyl sites for hydroxylation is 1. The highest BCUT2D eigenvalue weighted by Gasteiger charge is 2.14. The highest BCUT2D eigenvalue weighted by Crippen LogP contribution is 2.30. The molecule has 2 aromatic rings. The number of anilines is 1. The molecule has 1 aromatic heterocycles. The molecule has 0 unspecified atom stereocenters. The number of methoxy groups -OCH3 is 1. The van der Waals surface area contributed by atoms with E-state index in [4.69, 9.17) is 15.0 Å². The molecular formula is C11H11FN2O2. The molecule has 0 fully saturated rings. The number of halogens is 1. The average Bonchev–Trinajstić information content (AvgIpc) is 2.68. The van der Waals surface area contributed by atoms with Crippen LogP contribution in [0, 0.1) is 12.7 Å². The Morgan fingerprint density at radius 3 is 2.69 bits per heavy atom. The first-order chi connectivity index (χ1) is 7.61. The van der Waals surface area contributed by atoms with E-state index < -0.39 is 0 Å². The van der Waals surface area contributed by atoms with Gasteiger partial charge in [-0.15, -0.1) is 0 Å². The normalized spacial score (nSPS) is 10.4. The van der Waals surface area contributed by atoms with Crippen LogP contribution in [0.15, 0.2) is 22.7 Å². The summed E-state index contributed by atoms with van der Waals surface area (Å²) in [5, 5.41) is 3.51. The molecular weight excluding hydrogens is 211 g/mol. The van der Waals surface area contributed by atoms with Gasteiger partial charge in [-0.05, 0) is 24.6 Å². The molecule has 0 atom stereocenters. The lowest BCUT2D eigenvalue weighted by molar-refractivity contribution is 0.411. The summed E-state index contributed by atoms with van der Waals surface area (Å²) >= 11 is 0. The topological polar surface area (TPSA) is 61.3 Å². The number of aromatic nitrogens is 1. The molecule has 84 valence electrons. The van der Waals surface area contributed by atoms with Crippen molar-refractivity contribution >= 4 is 5.82 Å². The molecule has 1 aromatic carbocycles. The lowest BCUT2D eigenvalue weighted by Crippen LogP contribution is -1.91. The summed E-state index contributed by atoms with van der Waals surface area (Å²) in [7, 11) is 1.52. The molecule has 4 nitrogen and oxygen atoms in total. The van der Waals surface area contributed by atoms with Gasteiger partial charge in [-0.3, -0.25) is 0 Å². The van der Waals surface area contributed by atoms with Gasteiger partial charge < -0.3 is 15.0 Å². The van der Waals surface area contributed by atoms with Gasteiger partial charge in [-0.1, -0.05) is 5.16 Å². The minimum Gasteiger partial charge on any atom is -0.497 e. The van der Waals surface area contributed by atoms with Crippen molar-refractivity contribution in [1.29, 1.82) is 0 Å². The van der Waals surface area contributed by atoms with E-state index in [2.05, 4.69) is 5.16 Å². The number of benzene rings is 1. The van der Waals surface area contributed by atoms with Crippen molar-refractivity contribution in [3.8, 4) is 17.1 Å². The standard InChI is InChI=1S/C11H11FN2O2/c1-6-3-7(15-2)4-8(11(6)12)9-5-10(13)14-16-9/h3-5H,1-2H3,(H2,13,14). The van der Waals surface area contributed by atoms with Gasteiger partial charge in [0.25, 0.3) is 0 Å². The largest absolute Gasteiger partial charge is 0.497 e. The number of ether oxygens (including phenoxy) is 1. The van der Waals surface area contributed by atoms with Gasteiger partial charge in [-0.25, -0.2) is 4.39 Å². The highest BCUT2D eigenvalue weighted by molar-refractivity contribution is 5.64. The number of nitrogen functional groups attached to an aromatic ring is 1. The Labute approximate surface area is 91.8 Å². The molecule has 0 amide bonds. The van der Waals surface area contributed by atoms with Gasteiger partial charge in [0, 0.05) is 6.07 Å². The zero-order valence-corrected chi connectivity index (χ0v) is 8.95. The second-order valence-corrected chi connectivity index (χ2v) is 3.42. The van der Waals surface area contributed by atoms with E-state index in [0.717, 1.165) is 0 Å². The molecule has 0 spiro atoms. The summed E-state index contributed by atoms with van der Waals surface area (Å²) in [6.45, 7) is 1.65. The van der Waals surface area contributed by atoms with Gasteiger partial charge in [0.1, 0.15) is 11.6 Å². The molecule has 2 rings (SSSR count). The van der Waals surface area contributed by atoms with Gasteiger partial charge in [0.15, 0.2) is 11.6 Å². The maximum Gasteiger partial charge on any atom is 0.172 e. The predicted molar refractivity (Wildman–Crippen MR) is 57.6 cm³/mol. The SMILES string of the molecule is COc1cc(C)c(F)c(-c2cc(N)no2)c1. The van der Waals surface area contributed by atoms with E-state index in [1.54, 1.807) is 19.1 Å². The summed E-state index contributed by atoms with van der Waals surface area (Å²) in [5.74, 6) is 0.702. The third-order valence-corrected chi connectivity index (χ3v) is 2.26. The van der Waals surface area contributed by atoms with Crippen LogP contribution in [0.1, 0.15) is 5.56 Å². The first-order valence-corrected chi connectivity index (χ1v) is 4.68. The van der Waals surface area contributed by atoms with Crippen molar-refractivity contribution in [1.82, 2.24) is 5.16 Å². The van der Waals surface area contributed by atoms with Gasteiger partial charge in [-0.2, -0.15) is 0 Å². The highest BCUT2D eigenvalue weighted by atomic mass is 19.1. The number of rotatable bonds is 2. The minimum atomic E-state index is -0.364. The average molecular weight is 222 g/mol. The first-order valence-electron chi connectivity index (χ1n) is 4.68. The van der Waals surface area contributed by atoms with Crippen molar-refractivity contribution < 1.29 is 13.7 Å². The maximum absolute atomic E-state index is 13.8. The second kappa shape index (κ2) is 3.84. The Balaban J connectivity index is 2.59. The lowest BCUT2D eigenvalue weighted by atomic mass is 10.1. The first kappa shape index (κ1) is 10.5. The Morgan fingerprint density at radius 2 is 2.12 bits per heavy atom. The van der Waals surface area contributed by atoms with E-state index in [1.807, 2.05) is 0 Å². The van der Waals surface area contributed by atoms with Crippen LogP contribution in [0.25, 0.3) is 11.3 Å². The van der Waals surface area contributed by atoms with E-state index in [0.29, 0.717) is 16.9 Å². The van der Waals surface area contributed by atoms with Crippen LogP contribution >= 0.6 is 0 Å². The second-order valence-electron chi connectivity index (χ2n) is 3.42. The molecule has 0 bridgehead atoms. The summed E-state index contributed by atoms with van der Waals surface area (Å²) < 4.78 is 23.8. The van der Waals surface area contributed by atoms with E-state index >= 15 is 0 Å². The van der Waals surface area contributed by atoms with Crippen molar-refractivity contribution in [3.63, 3.8) is 0 Å². The Hall–Kier alpha value is -2.04. The van der Waals surface area contributed by atoms with Gasteiger partial charge >= 0.3 is 0 Å². The summed E-state index contributed by atoms with van der Waals surface area (Å²) in [6.07, 6.45) is 0. The molecule has 0 aliphatic carbocycles. The van der Waals surface area contributed by atoms with Crippen LogP contribution in [0.5, 0.6) is 5.75 Å². The molecule has 2 N–H and O–H groups in total. The van der Waals surface area contributed by atoms with Crippen molar-refractivity contribution in [2.75, 3.05) is 12.8 Å². The maximum atomic E-state index is 13.8. The molecule has 0 aliphatic heterocycles. The zero-order chi connectivity index (χ0) is 11.7. The van der Waals surface area contributed by atoms with Gasteiger partial charge in [0.05, 0.1) is 12.7 Å². The molecule has 1 heterocycles. The molecule has 0 radical (unpaired) electrons. The molecule has 0 aliphatic rings. The monoisotopic (exact) mass is 222 g/mol. The summed E-state index contributed by atoms with van der Waals surface area (Å²) in [5.41, 5.74) is 6.18. The number of nitrogens with two attached hydrogens (primary N) is 1.